The van der Waals surface area contributed by atoms with Gasteiger partial charge in [-0.2, -0.15) is 0 Å². The molecule has 116 valence electrons. The van der Waals surface area contributed by atoms with Gasteiger partial charge >= 0.3 is 0 Å². The average molecular weight is 371 g/mol. The summed E-state index contributed by atoms with van der Waals surface area (Å²) >= 11 is 3.38. The molecule has 23 heavy (non-hydrogen) atoms. The Kier molecular flexibility index (Phi) is 4.30. The Morgan fingerprint density at radius 2 is 1.83 bits per heavy atom. The number of carbonyl (C=O) groups is 1. The summed E-state index contributed by atoms with van der Waals surface area (Å²) < 4.78 is 0.978. The first-order valence-corrected chi connectivity index (χ1v) is 8.02. The van der Waals surface area contributed by atoms with E-state index in [0.29, 0.717) is 5.39 Å². The van der Waals surface area contributed by atoms with Crippen molar-refractivity contribution >= 4 is 32.7 Å². The van der Waals surface area contributed by atoms with Crippen molar-refractivity contribution in [3.8, 4) is 0 Å². The molecule has 0 saturated heterocycles. The number of halogens is 1. The molecule has 2 N–H and O–H groups in total. The fraction of sp³-hybridized carbons (Fsp3) is 0.111. The number of pyridine rings is 1. The van der Waals surface area contributed by atoms with E-state index in [0.717, 1.165) is 15.6 Å². The van der Waals surface area contributed by atoms with Crippen molar-refractivity contribution in [3.63, 3.8) is 0 Å². The van der Waals surface area contributed by atoms with Crippen LogP contribution in [0.15, 0.2) is 64.0 Å². The van der Waals surface area contributed by atoms with Crippen LogP contribution < -0.4 is 10.7 Å². The van der Waals surface area contributed by atoms with Crippen LogP contribution in [0.25, 0.3) is 10.9 Å². The molecule has 3 rings (SSSR count). The summed E-state index contributed by atoms with van der Waals surface area (Å²) in [5, 5.41) is 3.37. The Balaban J connectivity index is 1.87. The van der Waals surface area contributed by atoms with Crippen LogP contribution in [0.2, 0.25) is 0 Å². The van der Waals surface area contributed by atoms with E-state index in [9.17, 15) is 9.59 Å². The number of fused-ring (bicyclic) bond motifs is 1. The van der Waals surface area contributed by atoms with Gasteiger partial charge in [0.1, 0.15) is 5.56 Å². The minimum absolute atomic E-state index is 0.118. The highest BCUT2D eigenvalue weighted by Gasteiger charge is 2.15. The third kappa shape index (κ3) is 3.19. The molecule has 0 aliphatic heterocycles. The summed E-state index contributed by atoms with van der Waals surface area (Å²) in [5.41, 5.74) is 1.54. The van der Waals surface area contributed by atoms with Crippen LogP contribution >= 0.6 is 15.9 Å². The third-order valence-electron chi connectivity index (χ3n) is 3.75. The van der Waals surface area contributed by atoms with Gasteiger partial charge in [0.2, 0.25) is 5.43 Å². The number of amides is 1. The summed E-state index contributed by atoms with van der Waals surface area (Å²) in [5.74, 6) is -0.382. The van der Waals surface area contributed by atoms with Gasteiger partial charge in [0.25, 0.3) is 5.91 Å². The monoisotopic (exact) mass is 370 g/mol. The second-order valence-electron chi connectivity index (χ2n) is 5.32. The molecule has 0 bridgehead atoms. The molecule has 2 aromatic carbocycles. The lowest BCUT2D eigenvalue weighted by Gasteiger charge is -2.14. The maximum absolute atomic E-state index is 12.4. The van der Waals surface area contributed by atoms with Crippen LogP contribution in [0.3, 0.4) is 0 Å². The fourth-order valence-corrected chi connectivity index (χ4v) is 2.71. The third-order valence-corrected chi connectivity index (χ3v) is 4.28. The minimum Gasteiger partial charge on any atom is -0.360 e. The average Bonchev–Trinajstić information content (AvgIpc) is 2.56. The molecule has 0 saturated carbocycles. The molecular weight excluding hydrogens is 356 g/mol. The number of aromatic nitrogens is 1. The molecule has 1 heterocycles. The van der Waals surface area contributed by atoms with Crippen molar-refractivity contribution < 1.29 is 4.79 Å². The largest absolute Gasteiger partial charge is 0.360 e. The fourth-order valence-electron chi connectivity index (χ4n) is 2.45. The second kappa shape index (κ2) is 6.38. The van der Waals surface area contributed by atoms with Gasteiger partial charge in [0, 0.05) is 21.6 Å². The molecule has 1 amide bonds. The molecule has 4 nitrogen and oxygen atoms in total. The Bertz CT molecular complexity index is 916. The van der Waals surface area contributed by atoms with Gasteiger partial charge in [-0.25, -0.2) is 0 Å². The zero-order valence-electron chi connectivity index (χ0n) is 12.5. The first kappa shape index (κ1) is 15.5. The van der Waals surface area contributed by atoms with E-state index >= 15 is 0 Å². The quantitative estimate of drug-likeness (QED) is 0.736. The molecule has 5 heteroatoms. The van der Waals surface area contributed by atoms with Crippen LogP contribution in [0.1, 0.15) is 28.9 Å². The van der Waals surface area contributed by atoms with Crippen molar-refractivity contribution in [2.75, 3.05) is 0 Å². The molecule has 1 aromatic heterocycles. The Morgan fingerprint density at radius 3 is 2.57 bits per heavy atom. The SMILES string of the molecule is CC(NC(=O)c1c[nH]c2ccccc2c1=O)c1ccc(Br)cc1. The van der Waals surface area contributed by atoms with E-state index in [-0.39, 0.29) is 22.9 Å². The van der Waals surface area contributed by atoms with E-state index in [4.69, 9.17) is 0 Å². The lowest BCUT2D eigenvalue weighted by Crippen LogP contribution is -2.31. The van der Waals surface area contributed by atoms with Gasteiger partial charge in [-0.05, 0) is 36.8 Å². The highest BCUT2D eigenvalue weighted by Crippen LogP contribution is 2.17. The van der Waals surface area contributed by atoms with Gasteiger partial charge in [0.05, 0.1) is 6.04 Å². The summed E-state index contributed by atoms with van der Waals surface area (Å²) in [4.78, 5) is 27.9. The molecule has 0 radical (unpaired) electrons. The Hall–Kier alpha value is -2.40. The van der Waals surface area contributed by atoms with Gasteiger partial charge in [-0.1, -0.05) is 40.2 Å². The maximum atomic E-state index is 12.4. The Morgan fingerprint density at radius 1 is 1.13 bits per heavy atom. The molecule has 3 aromatic rings. The van der Waals surface area contributed by atoms with Gasteiger partial charge in [0.15, 0.2) is 0 Å². The van der Waals surface area contributed by atoms with Crippen LogP contribution in [0, 0.1) is 0 Å². The number of benzene rings is 2. The number of hydrogen-bond donors (Lipinski definition) is 2. The molecule has 1 unspecified atom stereocenters. The van der Waals surface area contributed by atoms with Crippen molar-refractivity contribution in [1.82, 2.24) is 10.3 Å². The van der Waals surface area contributed by atoms with Gasteiger partial charge in [-0.15, -0.1) is 0 Å². The smallest absolute Gasteiger partial charge is 0.257 e. The Labute approximate surface area is 141 Å². The van der Waals surface area contributed by atoms with E-state index in [1.807, 2.05) is 43.3 Å². The van der Waals surface area contributed by atoms with Crippen LogP contribution in [0.4, 0.5) is 0 Å². The van der Waals surface area contributed by atoms with Crippen molar-refractivity contribution in [2.24, 2.45) is 0 Å². The van der Waals surface area contributed by atoms with E-state index < -0.39 is 0 Å². The molecule has 1 atom stereocenters. The predicted octanol–water partition coefficient (Wildman–Crippen LogP) is 3.78. The maximum Gasteiger partial charge on any atom is 0.257 e. The summed E-state index contributed by atoms with van der Waals surface area (Å²) in [6, 6.07) is 14.6. The number of H-pyrrole nitrogens is 1. The number of hydrogen-bond acceptors (Lipinski definition) is 2. The number of nitrogens with one attached hydrogen (secondary N) is 2. The molecule has 0 aliphatic rings. The van der Waals surface area contributed by atoms with Crippen molar-refractivity contribution in [2.45, 2.75) is 13.0 Å². The first-order chi connectivity index (χ1) is 11.1. The predicted molar refractivity (Wildman–Crippen MR) is 94.6 cm³/mol. The number of carbonyl (C=O) groups excluding carboxylic acids is 1. The molecule has 0 aliphatic carbocycles. The highest BCUT2D eigenvalue weighted by atomic mass is 79.9. The number of para-hydroxylation sites is 1. The lowest BCUT2D eigenvalue weighted by molar-refractivity contribution is 0.0938. The van der Waals surface area contributed by atoms with Crippen molar-refractivity contribution in [1.29, 1.82) is 0 Å². The molecule has 0 spiro atoms. The van der Waals surface area contributed by atoms with E-state index in [1.165, 1.54) is 6.20 Å². The zero-order valence-corrected chi connectivity index (χ0v) is 14.1. The lowest BCUT2D eigenvalue weighted by atomic mass is 10.1. The van der Waals surface area contributed by atoms with E-state index in [1.54, 1.807) is 12.1 Å². The highest BCUT2D eigenvalue weighted by molar-refractivity contribution is 9.10. The summed E-state index contributed by atoms with van der Waals surface area (Å²) in [7, 11) is 0. The topological polar surface area (TPSA) is 62.0 Å². The number of aromatic amines is 1. The van der Waals surface area contributed by atoms with Gasteiger partial charge in [-0.3, -0.25) is 9.59 Å². The molecule has 0 fully saturated rings. The van der Waals surface area contributed by atoms with E-state index in [2.05, 4.69) is 26.2 Å². The first-order valence-electron chi connectivity index (χ1n) is 7.23. The summed E-state index contributed by atoms with van der Waals surface area (Å²) in [6.07, 6.45) is 1.47. The zero-order chi connectivity index (χ0) is 16.4. The van der Waals surface area contributed by atoms with Gasteiger partial charge < -0.3 is 10.3 Å². The standard InChI is InChI=1S/C18H15BrN2O2/c1-11(12-6-8-13(19)9-7-12)21-18(23)15-10-20-16-5-3-2-4-14(16)17(15)22/h2-11H,1H3,(H,20,22)(H,21,23). The van der Waals surface area contributed by atoms with Crippen molar-refractivity contribution in [3.05, 3.63) is 80.6 Å². The second-order valence-corrected chi connectivity index (χ2v) is 6.24. The summed E-state index contributed by atoms with van der Waals surface area (Å²) in [6.45, 7) is 1.89. The normalized spacial score (nSPS) is 12.1. The van der Waals surface area contributed by atoms with Crippen LogP contribution in [-0.2, 0) is 0 Å². The number of rotatable bonds is 3. The van der Waals surface area contributed by atoms with Crippen LogP contribution in [0.5, 0.6) is 0 Å². The minimum atomic E-state index is -0.382. The molecular formula is C18H15BrN2O2. The van der Waals surface area contributed by atoms with Crippen LogP contribution in [-0.4, -0.2) is 10.9 Å².